The van der Waals surface area contributed by atoms with Crippen LogP contribution in [0.4, 0.5) is 0 Å². The van der Waals surface area contributed by atoms with Gasteiger partial charge in [-0.2, -0.15) is 0 Å². The molecule has 0 unspecified atom stereocenters. The smallest absolute Gasteiger partial charge is 0.118 e. The van der Waals surface area contributed by atoms with Crippen molar-refractivity contribution in [3.05, 3.63) is 40.2 Å². The summed E-state index contributed by atoms with van der Waals surface area (Å²) < 4.78 is 5.68. The van der Waals surface area contributed by atoms with E-state index in [-0.39, 0.29) is 0 Å². The Morgan fingerprint density at radius 1 is 1.36 bits per heavy atom. The van der Waals surface area contributed by atoms with Gasteiger partial charge in [0, 0.05) is 18.1 Å². The molecule has 0 saturated carbocycles. The summed E-state index contributed by atoms with van der Waals surface area (Å²) in [4.78, 5) is 9.29. The number of nitrogens with zero attached hydrogens (tertiary/aromatic N) is 3. The van der Waals surface area contributed by atoms with Crippen molar-refractivity contribution in [1.29, 1.82) is 0 Å². The van der Waals surface area contributed by atoms with E-state index in [9.17, 15) is 0 Å². The lowest BCUT2D eigenvalue weighted by Gasteiger charge is -2.33. The van der Waals surface area contributed by atoms with Gasteiger partial charge in [-0.25, -0.2) is 4.98 Å². The monoisotopic (exact) mass is 319 g/mol. The van der Waals surface area contributed by atoms with Crippen molar-refractivity contribution in [3.63, 3.8) is 0 Å². The first-order valence-electron chi connectivity index (χ1n) is 8.03. The fourth-order valence-electron chi connectivity index (χ4n) is 3.18. The summed E-state index contributed by atoms with van der Waals surface area (Å²) in [5, 5.41) is 3.27. The maximum absolute atomic E-state index is 5.68. The Labute approximate surface area is 136 Å². The van der Waals surface area contributed by atoms with Gasteiger partial charge in [-0.1, -0.05) is 0 Å². The quantitative estimate of drug-likeness (QED) is 0.817. The van der Waals surface area contributed by atoms with E-state index in [1.807, 2.05) is 13.1 Å². The number of thiazole rings is 1. The number of piperidine rings is 1. The van der Waals surface area contributed by atoms with Crippen LogP contribution in [0.25, 0.3) is 0 Å². The van der Waals surface area contributed by atoms with Crippen LogP contribution in [-0.4, -0.2) is 41.5 Å². The predicted octanol–water partition coefficient (Wildman–Crippen LogP) is 3.39. The molecule has 3 heterocycles. The summed E-state index contributed by atoms with van der Waals surface area (Å²) in [7, 11) is 2.21. The molecule has 0 radical (unpaired) electrons. The topological polar surface area (TPSA) is 32.5 Å². The van der Waals surface area contributed by atoms with Crippen molar-refractivity contribution in [2.75, 3.05) is 26.7 Å². The lowest BCUT2D eigenvalue weighted by molar-refractivity contribution is 0.140. The van der Waals surface area contributed by atoms with Crippen LogP contribution in [0.5, 0.6) is 0 Å². The van der Waals surface area contributed by atoms with Gasteiger partial charge in [0.15, 0.2) is 0 Å². The molecule has 0 atom stereocenters. The van der Waals surface area contributed by atoms with Crippen molar-refractivity contribution in [1.82, 2.24) is 14.8 Å². The first-order chi connectivity index (χ1) is 10.7. The number of rotatable bonds is 6. The molecule has 1 aliphatic heterocycles. The largest absolute Gasteiger partial charge is 0.465 e. The third-order valence-corrected chi connectivity index (χ3v) is 5.11. The number of aryl methyl sites for hydroxylation is 1. The second-order valence-electron chi connectivity index (χ2n) is 6.35. The molecule has 3 rings (SSSR count). The molecule has 0 spiro atoms. The van der Waals surface area contributed by atoms with Crippen LogP contribution >= 0.6 is 11.3 Å². The minimum atomic E-state index is 0.805. The number of furan rings is 1. The molecule has 22 heavy (non-hydrogen) atoms. The predicted molar refractivity (Wildman–Crippen MR) is 89.9 cm³/mol. The van der Waals surface area contributed by atoms with Gasteiger partial charge < -0.3 is 4.42 Å². The van der Waals surface area contributed by atoms with Crippen molar-refractivity contribution >= 4 is 11.3 Å². The van der Waals surface area contributed by atoms with Gasteiger partial charge in [0.25, 0.3) is 0 Å². The summed E-state index contributed by atoms with van der Waals surface area (Å²) in [6.07, 6.45) is 4.45. The zero-order valence-corrected chi connectivity index (χ0v) is 14.3. The van der Waals surface area contributed by atoms with E-state index in [2.05, 4.69) is 39.3 Å². The summed E-state index contributed by atoms with van der Waals surface area (Å²) >= 11 is 1.75. The van der Waals surface area contributed by atoms with Crippen LogP contribution in [0.15, 0.2) is 28.1 Å². The van der Waals surface area contributed by atoms with Gasteiger partial charge in [-0.15, -0.1) is 11.3 Å². The SMILES string of the molecule is Cc1ccc(CN2CCC(CN(C)Cc3nccs3)CC2)o1. The van der Waals surface area contributed by atoms with E-state index < -0.39 is 0 Å². The fraction of sp³-hybridized carbons (Fsp3) is 0.588. The second kappa shape index (κ2) is 7.40. The van der Waals surface area contributed by atoms with E-state index in [0.717, 1.165) is 30.5 Å². The van der Waals surface area contributed by atoms with Crippen LogP contribution in [-0.2, 0) is 13.1 Å². The number of aromatic nitrogens is 1. The highest BCUT2D eigenvalue weighted by molar-refractivity contribution is 7.09. The Morgan fingerprint density at radius 2 is 2.18 bits per heavy atom. The molecule has 120 valence electrons. The Bertz CT molecular complexity index is 558. The molecule has 2 aromatic rings. The third kappa shape index (κ3) is 4.41. The minimum absolute atomic E-state index is 0.805. The molecule has 5 heteroatoms. The molecular weight excluding hydrogens is 294 g/mol. The van der Waals surface area contributed by atoms with Crippen molar-refractivity contribution in [2.45, 2.75) is 32.9 Å². The van der Waals surface area contributed by atoms with Gasteiger partial charge >= 0.3 is 0 Å². The van der Waals surface area contributed by atoms with Crippen LogP contribution in [0.3, 0.4) is 0 Å². The molecule has 1 saturated heterocycles. The molecule has 1 fully saturated rings. The normalized spacial score (nSPS) is 17.4. The molecule has 2 aromatic heterocycles. The maximum atomic E-state index is 5.68. The highest BCUT2D eigenvalue weighted by atomic mass is 32.1. The van der Waals surface area contributed by atoms with Crippen LogP contribution in [0.1, 0.15) is 29.4 Å². The van der Waals surface area contributed by atoms with Gasteiger partial charge in [0.05, 0.1) is 13.1 Å². The summed E-state index contributed by atoms with van der Waals surface area (Å²) in [6, 6.07) is 4.15. The van der Waals surface area contributed by atoms with Crippen molar-refractivity contribution in [3.8, 4) is 0 Å². The Hall–Kier alpha value is -1.17. The molecule has 0 amide bonds. The summed E-state index contributed by atoms with van der Waals surface area (Å²) in [6.45, 7) is 7.46. The molecule has 1 aliphatic rings. The van der Waals surface area contributed by atoms with Gasteiger partial charge in [-0.05, 0) is 58.0 Å². The van der Waals surface area contributed by atoms with Gasteiger partial charge in [-0.3, -0.25) is 9.80 Å². The van der Waals surface area contributed by atoms with E-state index in [1.165, 1.54) is 37.5 Å². The number of hydrogen-bond donors (Lipinski definition) is 0. The Morgan fingerprint density at radius 3 is 2.82 bits per heavy atom. The van der Waals surface area contributed by atoms with Crippen LogP contribution in [0.2, 0.25) is 0 Å². The summed E-state index contributed by atoms with van der Waals surface area (Å²) in [5.41, 5.74) is 0. The molecule has 4 nitrogen and oxygen atoms in total. The summed E-state index contributed by atoms with van der Waals surface area (Å²) in [5.74, 6) is 2.91. The maximum Gasteiger partial charge on any atom is 0.118 e. The van der Waals surface area contributed by atoms with E-state index in [0.29, 0.717) is 0 Å². The zero-order valence-electron chi connectivity index (χ0n) is 13.5. The first-order valence-corrected chi connectivity index (χ1v) is 8.91. The van der Waals surface area contributed by atoms with Crippen molar-refractivity contribution < 1.29 is 4.42 Å². The fourth-order valence-corrected chi connectivity index (χ4v) is 3.88. The standard InChI is InChI=1S/C17H25N3OS/c1-14-3-4-16(21-14)12-20-8-5-15(6-9-20)11-19(2)13-17-18-7-10-22-17/h3-4,7,10,15H,5-6,8-9,11-13H2,1-2H3. The van der Waals surface area contributed by atoms with E-state index in [1.54, 1.807) is 11.3 Å². The Balaban J connectivity index is 1.39. The van der Waals surface area contributed by atoms with Crippen LogP contribution < -0.4 is 0 Å². The van der Waals surface area contributed by atoms with E-state index in [4.69, 9.17) is 4.42 Å². The lowest BCUT2D eigenvalue weighted by atomic mass is 9.96. The van der Waals surface area contributed by atoms with Gasteiger partial charge in [0.2, 0.25) is 0 Å². The highest BCUT2D eigenvalue weighted by Crippen LogP contribution is 2.21. The zero-order chi connectivity index (χ0) is 15.4. The highest BCUT2D eigenvalue weighted by Gasteiger charge is 2.21. The molecule has 0 bridgehead atoms. The van der Waals surface area contributed by atoms with E-state index >= 15 is 0 Å². The average molecular weight is 319 g/mol. The lowest BCUT2D eigenvalue weighted by Crippen LogP contribution is -2.37. The van der Waals surface area contributed by atoms with Gasteiger partial charge in [0.1, 0.15) is 16.5 Å². The number of hydrogen-bond acceptors (Lipinski definition) is 5. The Kier molecular flexibility index (Phi) is 5.28. The molecule has 0 aliphatic carbocycles. The third-order valence-electron chi connectivity index (χ3n) is 4.34. The molecule has 0 aromatic carbocycles. The minimum Gasteiger partial charge on any atom is -0.465 e. The molecular formula is C17H25N3OS. The van der Waals surface area contributed by atoms with Crippen molar-refractivity contribution in [2.24, 2.45) is 5.92 Å². The molecule has 0 N–H and O–H groups in total. The van der Waals surface area contributed by atoms with Crippen LogP contribution in [0, 0.1) is 12.8 Å². The second-order valence-corrected chi connectivity index (χ2v) is 7.33. The average Bonchev–Trinajstić information content (AvgIpc) is 3.13. The number of likely N-dealkylation sites (tertiary alicyclic amines) is 1. The first kappa shape index (κ1) is 15.7.